The summed E-state index contributed by atoms with van der Waals surface area (Å²) in [4.78, 5) is 21.3. The van der Waals surface area contributed by atoms with Gasteiger partial charge in [-0.1, -0.05) is 12.1 Å². The van der Waals surface area contributed by atoms with Crippen molar-refractivity contribution in [2.45, 2.75) is 12.2 Å². The molecule has 0 aliphatic carbocycles. The topological polar surface area (TPSA) is 149 Å². The molecule has 1 amide bonds. The number of thiazole rings is 1. The zero-order valence-corrected chi connectivity index (χ0v) is 18.6. The van der Waals surface area contributed by atoms with Gasteiger partial charge in [0.1, 0.15) is 5.01 Å². The van der Waals surface area contributed by atoms with E-state index in [-0.39, 0.29) is 11.6 Å². The van der Waals surface area contributed by atoms with Gasteiger partial charge in [0.25, 0.3) is 0 Å². The fraction of sp³-hybridized carbons (Fsp3) is 0.278. The minimum absolute atomic E-state index is 0.106. The van der Waals surface area contributed by atoms with E-state index >= 15 is 0 Å². The predicted octanol–water partition coefficient (Wildman–Crippen LogP) is 1.16. The van der Waals surface area contributed by atoms with Crippen molar-refractivity contribution in [2.24, 2.45) is 5.14 Å². The van der Waals surface area contributed by atoms with Crippen molar-refractivity contribution in [1.29, 1.82) is 0 Å². The molecule has 0 aliphatic heterocycles. The summed E-state index contributed by atoms with van der Waals surface area (Å²) in [6.45, 7) is 1.59. The number of nitrogens with one attached hydrogen (secondary N) is 1. The largest absolute Gasteiger partial charge is 0.354 e. The second-order valence-corrected chi connectivity index (χ2v) is 11.7. The first-order valence-corrected chi connectivity index (χ1v) is 13.2. The Kier molecular flexibility index (Phi) is 6.22. The Bertz CT molecular complexity index is 1320. The number of aryl methyl sites for hydroxylation is 1. The normalized spacial score (nSPS) is 13.3. The number of nitrogens with two attached hydrogens (primary N) is 1. The number of carbonyl (C=O) groups excluding carboxylic acids is 1. The molecule has 0 bridgehead atoms. The molecular formula is C18H20N4O5S3. The maximum Gasteiger partial charge on any atom is 0.245 e. The average Bonchev–Trinajstić information content (AvgIpc) is 3.01. The van der Waals surface area contributed by atoms with E-state index < -0.39 is 36.8 Å². The third kappa shape index (κ3) is 5.39. The van der Waals surface area contributed by atoms with Gasteiger partial charge in [-0.3, -0.25) is 9.78 Å². The smallest absolute Gasteiger partial charge is 0.245 e. The number of hydrogen-bond donors (Lipinski definition) is 2. The van der Waals surface area contributed by atoms with E-state index in [1.165, 1.54) is 0 Å². The molecule has 0 saturated carbocycles. The van der Waals surface area contributed by atoms with Gasteiger partial charge in [0.2, 0.25) is 15.9 Å². The number of fused-ring (bicyclic) bond motifs is 1. The first-order chi connectivity index (χ1) is 13.9. The lowest BCUT2D eigenvalue weighted by atomic mass is 10.1. The van der Waals surface area contributed by atoms with Crippen molar-refractivity contribution < 1.29 is 21.6 Å². The van der Waals surface area contributed by atoms with Crippen molar-refractivity contribution in [3.63, 3.8) is 0 Å². The molecule has 0 spiro atoms. The van der Waals surface area contributed by atoms with Crippen molar-refractivity contribution in [3.8, 4) is 11.3 Å². The number of sulfone groups is 1. The molecular weight excluding hydrogens is 448 g/mol. The van der Waals surface area contributed by atoms with E-state index in [1.807, 2.05) is 37.3 Å². The monoisotopic (exact) mass is 468 g/mol. The van der Waals surface area contributed by atoms with Crippen LogP contribution in [0.4, 0.5) is 0 Å². The molecule has 3 N–H and O–H groups in total. The molecule has 12 heteroatoms. The predicted molar refractivity (Wildman–Crippen MR) is 116 cm³/mol. The zero-order valence-electron chi connectivity index (χ0n) is 16.2. The van der Waals surface area contributed by atoms with Crippen LogP contribution in [0.15, 0.2) is 36.4 Å². The molecule has 2 aromatic heterocycles. The summed E-state index contributed by atoms with van der Waals surface area (Å²) >= 11 is 1.09. The summed E-state index contributed by atoms with van der Waals surface area (Å²) in [7, 11) is -7.64. The Morgan fingerprint density at radius 3 is 2.53 bits per heavy atom. The zero-order chi connectivity index (χ0) is 22.1. The van der Waals surface area contributed by atoms with E-state index in [4.69, 9.17) is 5.14 Å². The average molecular weight is 469 g/mol. The third-order valence-corrected chi connectivity index (χ3v) is 7.46. The number of nitrogens with zero attached hydrogens (tertiary/aromatic N) is 2. The highest BCUT2D eigenvalue weighted by Crippen LogP contribution is 2.33. The van der Waals surface area contributed by atoms with Crippen LogP contribution in [0.1, 0.15) is 16.0 Å². The van der Waals surface area contributed by atoms with Crippen molar-refractivity contribution in [2.75, 3.05) is 18.6 Å². The Balaban J connectivity index is 1.94. The summed E-state index contributed by atoms with van der Waals surface area (Å²) < 4.78 is 47.3. The fourth-order valence-corrected chi connectivity index (χ4v) is 5.75. The fourth-order valence-electron chi connectivity index (χ4n) is 2.82. The van der Waals surface area contributed by atoms with Crippen LogP contribution in [0.2, 0.25) is 0 Å². The molecule has 0 radical (unpaired) electrons. The highest BCUT2D eigenvalue weighted by molar-refractivity contribution is 7.91. The molecule has 1 aromatic carbocycles. The van der Waals surface area contributed by atoms with Gasteiger partial charge in [0.05, 0.1) is 21.7 Å². The second-order valence-electron chi connectivity index (χ2n) is 6.77. The minimum Gasteiger partial charge on any atom is -0.354 e. The van der Waals surface area contributed by atoms with Gasteiger partial charge in [0.15, 0.2) is 15.1 Å². The van der Waals surface area contributed by atoms with Gasteiger partial charge >= 0.3 is 0 Å². The van der Waals surface area contributed by atoms with Crippen LogP contribution in [0.3, 0.4) is 0 Å². The molecule has 1 atom stereocenters. The number of aromatic nitrogens is 2. The van der Waals surface area contributed by atoms with Crippen LogP contribution in [0.25, 0.3) is 21.5 Å². The Morgan fingerprint density at radius 1 is 1.17 bits per heavy atom. The quantitative estimate of drug-likeness (QED) is 0.528. The van der Waals surface area contributed by atoms with Gasteiger partial charge in [-0.15, -0.1) is 11.3 Å². The standard InChI is InChI=1S/C18H20N4O5S3/c1-11-4-3-5-13(21-11)12-6-7-14-15(10-12)28-18(22-14)16(29(2,24)25)17(23)20-8-9-30(19,26)27/h3-7,10,16H,8-9H2,1-2H3,(H,20,23)(H2,19,26,27). The van der Waals surface area contributed by atoms with Gasteiger partial charge in [-0.05, 0) is 31.2 Å². The second kappa shape index (κ2) is 8.38. The molecule has 0 aliphatic rings. The number of sulfonamides is 1. The highest BCUT2D eigenvalue weighted by Gasteiger charge is 2.34. The lowest BCUT2D eigenvalue weighted by molar-refractivity contribution is -0.120. The molecule has 3 rings (SSSR count). The number of primary sulfonamides is 1. The molecule has 160 valence electrons. The first-order valence-electron chi connectivity index (χ1n) is 8.75. The maximum absolute atomic E-state index is 12.5. The molecule has 9 nitrogen and oxygen atoms in total. The lowest BCUT2D eigenvalue weighted by Crippen LogP contribution is -2.37. The number of hydrogen-bond acceptors (Lipinski definition) is 8. The third-order valence-electron chi connectivity index (χ3n) is 4.17. The van der Waals surface area contributed by atoms with Gasteiger partial charge in [0, 0.05) is 24.1 Å². The first kappa shape index (κ1) is 22.3. The van der Waals surface area contributed by atoms with Crippen molar-refractivity contribution in [1.82, 2.24) is 15.3 Å². The van der Waals surface area contributed by atoms with E-state index in [0.717, 1.165) is 34.5 Å². The Labute approximate surface area is 178 Å². The van der Waals surface area contributed by atoms with Gasteiger partial charge in [-0.25, -0.2) is 27.0 Å². The van der Waals surface area contributed by atoms with Crippen LogP contribution < -0.4 is 10.5 Å². The minimum atomic E-state index is -3.86. The molecule has 30 heavy (non-hydrogen) atoms. The SMILES string of the molecule is Cc1cccc(-c2ccc3nc(C(C(=O)NCCS(N)(=O)=O)S(C)(=O)=O)sc3c2)n1. The van der Waals surface area contributed by atoms with Crippen molar-refractivity contribution >= 4 is 47.3 Å². The summed E-state index contributed by atoms with van der Waals surface area (Å²) in [6.07, 6.45) is 0.936. The van der Waals surface area contributed by atoms with E-state index in [2.05, 4.69) is 15.3 Å². The molecule has 2 heterocycles. The van der Waals surface area contributed by atoms with Gasteiger partial charge in [-0.2, -0.15) is 0 Å². The summed E-state index contributed by atoms with van der Waals surface area (Å²) in [5, 5.41) is 5.78. The number of amides is 1. The lowest BCUT2D eigenvalue weighted by Gasteiger charge is -2.12. The number of benzene rings is 1. The van der Waals surface area contributed by atoms with Crippen LogP contribution in [0, 0.1) is 6.92 Å². The summed E-state index contributed by atoms with van der Waals surface area (Å²) in [5.74, 6) is -1.34. The van der Waals surface area contributed by atoms with Crippen LogP contribution in [0.5, 0.6) is 0 Å². The van der Waals surface area contributed by atoms with Crippen molar-refractivity contribution in [3.05, 3.63) is 47.1 Å². The van der Waals surface area contributed by atoms with Gasteiger partial charge < -0.3 is 5.32 Å². The number of pyridine rings is 1. The summed E-state index contributed by atoms with van der Waals surface area (Å²) in [5.41, 5.74) is 3.03. The molecule has 3 aromatic rings. The molecule has 0 saturated heterocycles. The Morgan fingerprint density at radius 2 is 1.90 bits per heavy atom. The van der Waals surface area contributed by atoms with Crippen LogP contribution >= 0.6 is 11.3 Å². The molecule has 0 fully saturated rings. The van der Waals surface area contributed by atoms with E-state index in [9.17, 15) is 21.6 Å². The number of carbonyl (C=O) groups is 1. The van der Waals surface area contributed by atoms with Crippen LogP contribution in [-0.4, -0.2) is 51.3 Å². The summed E-state index contributed by atoms with van der Waals surface area (Å²) in [6, 6.07) is 11.1. The Hall–Kier alpha value is -2.41. The highest BCUT2D eigenvalue weighted by atomic mass is 32.2. The van der Waals surface area contributed by atoms with E-state index in [1.54, 1.807) is 6.07 Å². The van der Waals surface area contributed by atoms with E-state index in [0.29, 0.717) is 10.2 Å². The van der Waals surface area contributed by atoms with Crippen LogP contribution in [-0.2, 0) is 24.7 Å². The number of rotatable bonds is 7. The molecule has 1 unspecified atom stereocenters. The maximum atomic E-state index is 12.5.